The Labute approximate surface area is 177 Å². The van der Waals surface area contributed by atoms with Crippen molar-refractivity contribution in [1.29, 1.82) is 0 Å². The van der Waals surface area contributed by atoms with Crippen LogP contribution in [0.15, 0.2) is 91.0 Å². The van der Waals surface area contributed by atoms with Crippen LogP contribution in [-0.2, 0) is 21.6 Å². The summed E-state index contributed by atoms with van der Waals surface area (Å²) in [7, 11) is 0. The van der Waals surface area contributed by atoms with E-state index in [1.54, 1.807) is 24.3 Å². The van der Waals surface area contributed by atoms with E-state index in [1.807, 2.05) is 42.5 Å². The van der Waals surface area contributed by atoms with E-state index in [4.69, 9.17) is 4.74 Å². The van der Waals surface area contributed by atoms with Crippen molar-refractivity contribution in [1.82, 2.24) is 4.90 Å². The van der Waals surface area contributed by atoms with Gasteiger partial charge in [0, 0.05) is 19.6 Å². The summed E-state index contributed by atoms with van der Waals surface area (Å²) in [6, 6.07) is 28.4. The monoisotopic (exact) mass is 401 g/mol. The number of carbonyl (C=O) groups excluding carboxylic acids is 1. The lowest BCUT2D eigenvalue weighted by Gasteiger charge is -2.28. The maximum absolute atomic E-state index is 13.2. The molecule has 1 heterocycles. The van der Waals surface area contributed by atoms with Crippen LogP contribution >= 0.6 is 0 Å². The van der Waals surface area contributed by atoms with E-state index in [-0.39, 0.29) is 6.10 Å². The quantitative estimate of drug-likeness (QED) is 0.612. The van der Waals surface area contributed by atoms with Crippen molar-refractivity contribution < 1.29 is 14.6 Å². The Balaban J connectivity index is 1.43. The first-order valence-corrected chi connectivity index (χ1v) is 10.5. The number of likely N-dealkylation sites (tertiary alicyclic amines) is 1. The lowest BCUT2D eigenvalue weighted by Crippen LogP contribution is -2.41. The van der Waals surface area contributed by atoms with E-state index < -0.39 is 11.6 Å². The zero-order valence-electron chi connectivity index (χ0n) is 17.0. The van der Waals surface area contributed by atoms with Gasteiger partial charge in [-0.1, -0.05) is 91.0 Å². The molecule has 1 atom stereocenters. The molecule has 3 aromatic carbocycles. The Morgan fingerprint density at radius 1 is 0.900 bits per heavy atom. The second-order valence-electron chi connectivity index (χ2n) is 7.79. The number of rotatable bonds is 7. The SMILES string of the molecule is O=C(OC1CCN(CCc2ccccc2)C1)C(O)(c1ccccc1)c1ccccc1. The van der Waals surface area contributed by atoms with Gasteiger partial charge >= 0.3 is 5.97 Å². The van der Waals surface area contributed by atoms with Crippen molar-refractivity contribution in [2.45, 2.75) is 24.5 Å². The molecular formula is C26H27NO3. The summed E-state index contributed by atoms with van der Waals surface area (Å²) >= 11 is 0. The number of aliphatic hydroxyl groups is 1. The fourth-order valence-electron chi connectivity index (χ4n) is 4.03. The lowest BCUT2D eigenvalue weighted by molar-refractivity contribution is -0.167. The molecule has 0 bridgehead atoms. The molecule has 0 spiro atoms. The van der Waals surface area contributed by atoms with Gasteiger partial charge in [0.25, 0.3) is 0 Å². The Morgan fingerprint density at radius 2 is 1.43 bits per heavy atom. The number of hydrogen-bond acceptors (Lipinski definition) is 4. The van der Waals surface area contributed by atoms with Gasteiger partial charge < -0.3 is 9.84 Å². The van der Waals surface area contributed by atoms with E-state index >= 15 is 0 Å². The van der Waals surface area contributed by atoms with Crippen LogP contribution in [0.5, 0.6) is 0 Å². The molecule has 1 aliphatic heterocycles. The third-order valence-electron chi connectivity index (χ3n) is 5.74. The van der Waals surface area contributed by atoms with E-state index in [0.717, 1.165) is 25.9 Å². The summed E-state index contributed by atoms with van der Waals surface area (Å²) in [5.74, 6) is -0.616. The first-order chi connectivity index (χ1) is 14.7. The highest BCUT2D eigenvalue weighted by molar-refractivity contribution is 5.85. The number of ether oxygens (including phenoxy) is 1. The first-order valence-electron chi connectivity index (χ1n) is 10.5. The highest BCUT2D eigenvalue weighted by atomic mass is 16.6. The molecule has 4 heteroatoms. The van der Waals surface area contributed by atoms with Crippen LogP contribution < -0.4 is 0 Å². The summed E-state index contributed by atoms with van der Waals surface area (Å²) in [6.07, 6.45) is 1.53. The van der Waals surface area contributed by atoms with Gasteiger partial charge in [-0.25, -0.2) is 4.79 Å². The minimum absolute atomic E-state index is 0.216. The number of benzene rings is 3. The topological polar surface area (TPSA) is 49.8 Å². The second kappa shape index (κ2) is 9.24. The fraction of sp³-hybridized carbons (Fsp3) is 0.269. The van der Waals surface area contributed by atoms with E-state index in [1.165, 1.54) is 5.56 Å². The summed E-state index contributed by atoms with van der Waals surface area (Å²) < 4.78 is 5.84. The second-order valence-corrected chi connectivity index (χ2v) is 7.79. The Hall–Kier alpha value is -2.95. The molecule has 0 saturated carbocycles. The van der Waals surface area contributed by atoms with E-state index in [9.17, 15) is 9.90 Å². The van der Waals surface area contributed by atoms with Gasteiger partial charge in [-0.05, 0) is 29.5 Å². The molecule has 0 amide bonds. The van der Waals surface area contributed by atoms with Gasteiger partial charge in [-0.3, -0.25) is 4.90 Å². The zero-order valence-corrected chi connectivity index (χ0v) is 17.0. The van der Waals surface area contributed by atoms with Crippen molar-refractivity contribution in [3.63, 3.8) is 0 Å². The zero-order chi connectivity index (χ0) is 20.8. The molecule has 4 rings (SSSR count). The van der Waals surface area contributed by atoms with Gasteiger partial charge in [0.15, 0.2) is 0 Å². The minimum Gasteiger partial charge on any atom is -0.458 e. The molecule has 0 radical (unpaired) electrons. The number of nitrogens with zero attached hydrogens (tertiary/aromatic N) is 1. The van der Waals surface area contributed by atoms with Crippen LogP contribution in [0.3, 0.4) is 0 Å². The highest BCUT2D eigenvalue weighted by Gasteiger charge is 2.43. The van der Waals surface area contributed by atoms with Gasteiger partial charge in [0.05, 0.1) is 0 Å². The maximum atomic E-state index is 13.2. The van der Waals surface area contributed by atoms with E-state index in [2.05, 4.69) is 29.2 Å². The van der Waals surface area contributed by atoms with Crippen molar-refractivity contribution in [3.8, 4) is 0 Å². The van der Waals surface area contributed by atoms with Crippen molar-refractivity contribution in [3.05, 3.63) is 108 Å². The first kappa shape index (κ1) is 20.3. The summed E-state index contributed by atoms with van der Waals surface area (Å²) in [4.78, 5) is 15.5. The number of hydrogen-bond donors (Lipinski definition) is 1. The average Bonchev–Trinajstić information content (AvgIpc) is 3.26. The predicted octanol–water partition coefficient (Wildman–Crippen LogP) is 3.78. The molecule has 0 aliphatic carbocycles. The molecular weight excluding hydrogens is 374 g/mol. The van der Waals surface area contributed by atoms with Crippen molar-refractivity contribution in [2.75, 3.05) is 19.6 Å². The van der Waals surface area contributed by atoms with Crippen LogP contribution in [0.25, 0.3) is 0 Å². The Bertz CT molecular complexity index is 904. The Kier molecular flexibility index (Phi) is 6.26. The molecule has 0 aromatic heterocycles. The largest absolute Gasteiger partial charge is 0.458 e. The van der Waals surface area contributed by atoms with E-state index in [0.29, 0.717) is 17.7 Å². The molecule has 1 aliphatic rings. The van der Waals surface area contributed by atoms with Crippen LogP contribution in [0, 0.1) is 0 Å². The number of esters is 1. The molecule has 4 nitrogen and oxygen atoms in total. The van der Waals surface area contributed by atoms with Gasteiger partial charge in [-0.2, -0.15) is 0 Å². The standard InChI is InChI=1S/C26H27NO3/c28-25(26(29,22-12-6-2-7-13-22)23-14-8-3-9-15-23)30-24-17-19-27(20-24)18-16-21-10-4-1-5-11-21/h1-15,24,29H,16-20H2. The molecule has 1 saturated heterocycles. The predicted molar refractivity (Wildman–Crippen MR) is 117 cm³/mol. The highest BCUT2D eigenvalue weighted by Crippen LogP contribution is 2.32. The van der Waals surface area contributed by atoms with Gasteiger partial charge in [0.2, 0.25) is 5.60 Å². The lowest BCUT2D eigenvalue weighted by atomic mass is 9.86. The molecule has 154 valence electrons. The molecule has 30 heavy (non-hydrogen) atoms. The molecule has 1 unspecified atom stereocenters. The van der Waals surface area contributed by atoms with Gasteiger partial charge in [-0.15, -0.1) is 0 Å². The normalized spacial score (nSPS) is 17.0. The van der Waals surface area contributed by atoms with Crippen LogP contribution in [0.4, 0.5) is 0 Å². The van der Waals surface area contributed by atoms with Crippen molar-refractivity contribution >= 4 is 5.97 Å². The van der Waals surface area contributed by atoms with Crippen LogP contribution in [0.1, 0.15) is 23.1 Å². The number of carbonyl (C=O) groups is 1. The van der Waals surface area contributed by atoms with Crippen LogP contribution in [-0.4, -0.2) is 41.7 Å². The minimum atomic E-state index is -1.82. The van der Waals surface area contributed by atoms with Gasteiger partial charge in [0.1, 0.15) is 6.10 Å². The third-order valence-corrected chi connectivity index (χ3v) is 5.74. The third kappa shape index (κ3) is 4.45. The fourth-order valence-corrected chi connectivity index (χ4v) is 4.03. The average molecular weight is 402 g/mol. The van der Waals surface area contributed by atoms with Crippen LogP contribution in [0.2, 0.25) is 0 Å². The molecule has 1 fully saturated rings. The smallest absolute Gasteiger partial charge is 0.348 e. The Morgan fingerprint density at radius 3 is 2.00 bits per heavy atom. The maximum Gasteiger partial charge on any atom is 0.348 e. The molecule has 3 aromatic rings. The molecule has 1 N–H and O–H groups in total. The summed E-state index contributed by atoms with van der Waals surface area (Å²) in [5.41, 5.74) is 0.515. The van der Waals surface area contributed by atoms with Crippen molar-refractivity contribution in [2.24, 2.45) is 0 Å². The summed E-state index contributed by atoms with van der Waals surface area (Å²) in [5, 5.41) is 11.5. The summed E-state index contributed by atoms with van der Waals surface area (Å²) in [6.45, 7) is 2.51.